The van der Waals surface area contributed by atoms with Crippen molar-refractivity contribution in [2.45, 2.75) is 19.9 Å². The number of hydrogen-bond acceptors (Lipinski definition) is 4. The van der Waals surface area contributed by atoms with Crippen LogP contribution in [0.5, 0.6) is 0 Å². The first-order valence-corrected chi connectivity index (χ1v) is 8.10. The van der Waals surface area contributed by atoms with Gasteiger partial charge in [-0.3, -0.25) is 9.67 Å². The molecule has 2 heterocycles. The number of hydrogen-bond donors (Lipinski definition) is 0. The third kappa shape index (κ3) is 3.75. The van der Waals surface area contributed by atoms with Gasteiger partial charge in [0.15, 0.2) is 0 Å². The molecule has 26 heavy (non-hydrogen) atoms. The summed E-state index contributed by atoms with van der Waals surface area (Å²) in [4.78, 5) is 15.4. The number of rotatable bonds is 4. The van der Waals surface area contributed by atoms with Crippen LogP contribution in [0.3, 0.4) is 0 Å². The van der Waals surface area contributed by atoms with Crippen LogP contribution in [0, 0.1) is 6.92 Å². The van der Waals surface area contributed by atoms with Gasteiger partial charge in [-0.15, -0.1) is 0 Å². The van der Waals surface area contributed by atoms with E-state index in [1.807, 2.05) is 60.1 Å². The molecule has 5 nitrogen and oxygen atoms in total. The molecule has 2 aromatic carbocycles. The van der Waals surface area contributed by atoms with E-state index < -0.39 is 5.97 Å². The van der Waals surface area contributed by atoms with E-state index in [4.69, 9.17) is 0 Å². The Morgan fingerprint density at radius 1 is 1.15 bits per heavy atom. The van der Waals surface area contributed by atoms with Crippen molar-refractivity contribution in [1.29, 1.82) is 0 Å². The molecule has 0 aliphatic carbocycles. The molecule has 4 aromatic rings. The molecule has 0 N–H and O–H groups in total. The number of carboxylic acid groups (broad SMARTS) is 1. The van der Waals surface area contributed by atoms with Crippen molar-refractivity contribution in [3.8, 4) is 0 Å². The molecule has 0 unspecified atom stereocenters. The molecule has 6 heteroatoms. The van der Waals surface area contributed by atoms with E-state index in [-0.39, 0.29) is 57.8 Å². The van der Waals surface area contributed by atoms with E-state index in [0.717, 1.165) is 33.1 Å². The van der Waals surface area contributed by atoms with Crippen molar-refractivity contribution < 1.29 is 61.3 Å². The number of aliphatic carboxylic acids is 1. The number of aromatic nitrogens is 3. The van der Waals surface area contributed by atoms with E-state index in [0.29, 0.717) is 12.1 Å². The Kier molecular flexibility index (Phi) is 5.89. The van der Waals surface area contributed by atoms with E-state index in [9.17, 15) is 9.90 Å². The molecule has 0 radical (unpaired) electrons. The third-order valence-corrected chi connectivity index (χ3v) is 4.39. The number of pyridine rings is 1. The molecule has 4 rings (SSSR count). The average molecular weight is 369 g/mol. The maximum Gasteiger partial charge on any atom is 1.00 e. The van der Waals surface area contributed by atoms with Crippen molar-refractivity contribution >= 4 is 27.8 Å². The number of nitrogens with zero attached hydrogens (tertiary/aromatic N) is 3. The summed E-state index contributed by atoms with van der Waals surface area (Å²) < 4.78 is 1.91. The largest absolute Gasteiger partial charge is 1.00 e. The van der Waals surface area contributed by atoms with E-state index in [1.165, 1.54) is 0 Å². The Morgan fingerprint density at radius 2 is 1.96 bits per heavy atom. The second-order valence-electron chi connectivity index (χ2n) is 6.14. The van der Waals surface area contributed by atoms with E-state index >= 15 is 0 Å². The average Bonchev–Trinajstić information content (AvgIpc) is 2.90. The number of para-hydroxylation sites is 1. The normalized spacial score (nSPS) is 10.8. The summed E-state index contributed by atoms with van der Waals surface area (Å²) in [6.45, 7) is 2.53. The van der Waals surface area contributed by atoms with Gasteiger partial charge < -0.3 is 9.90 Å². The molecule has 0 atom stereocenters. The minimum Gasteiger partial charge on any atom is -0.550 e. The molecule has 0 aliphatic rings. The first-order valence-electron chi connectivity index (χ1n) is 8.10. The minimum absolute atomic E-state index is 0. The number of carboxylic acids is 1. The van der Waals surface area contributed by atoms with Crippen LogP contribution in [0.25, 0.3) is 21.8 Å². The van der Waals surface area contributed by atoms with Gasteiger partial charge in [0, 0.05) is 29.4 Å². The van der Waals surface area contributed by atoms with Crippen LogP contribution < -0.4 is 56.5 Å². The molecule has 2 aromatic heterocycles. The Hall–Kier alpha value is -1.57. The summed E-state index contributed by atoms with van der Waals surface area (Å²) in [6, 6.07) is 15.7. The van der Waals surface area contributed by atoms with Gasteiger partial charge in [-0.25, -0.2) is 0 Å². The predicted molar refractivity (Wildman–Crippen MR) is 94.0 cm³/mol. The molecular formula is C20H16KN3O2. The standard InChI is InChI=1S/C20H17N3O2.K/c1-13-17-8-7-14(11-19(24)25)10-18(17)23(22-13)12-16-5-2-4-15-6-3-9-21-20(15)16;/h2-10H,11-12H2,1H3,(H,24,25);/q;+1/p-1. The molecule has 0 bridgehead atoms. The summed E-state index contributed by atoms with van der Waals surface area (Å²) in [5.74, 6) is -1.08. The van der Waals surface area contributed by atoms with Crippen LogP contribution in [-0.2, 0) is 17.8 Å². The van der Waals surface area contributed by atoms with Gasteiger partial charge in [-0.2, -0.15) is 5.10 Å². The number of carbonyl (C=O) groups is 1. The van der Waals surface area contributed by atoms with Gasteiger partial charge in [-0.1, -0.05) is 36.4 Å². The summed E-state index contributed by atoms with van der Waals surface area (Å²) in [7, 11) is 0. The van der Waals surface area contributed by atoms with E-state index in [2.05, 4.69) is 10.1 Å². The maximum absolute atomic E-state index is 10.9. The second kappa shape index (κ2) is 7.98. The van der Waals surface area contributed by atoms with Crippen molar-refractivity contribution in [3.63, 3.8) is 0 Å². The molecule has 0 aliphatic heterocycles. The Labute approximate surface area is 193 Å². The summed E-state index contributed by atoms with van der Waals surface area (Å²) in [5.41, 5.74) is 4.59. The van der Waals surface area contributed by atoms with Crippen molar-refractivity contribution in [2.24, 2.45) is 0 Å². The van der Waals surface area contributed by atoms with Gasteiger partial charge in [0.1, 0.15) is 0 Å². The molecule has 0 saturated carbocycles. The fourth-order valence-electron chi connectivity index (χ4n) is 3.24. The number of aryl methyl sites for hydroxylation is 1. The van der Waals surface area contributed by atoms with Crippen LogP contribution in [0.4, 0.5) is 0 Å². The predicted octanol–water partition coefficient (Wildman–Crippen LogP) is -0.762. The Bertz CT molecular complexity index is 1100. The number of carbonyl (C=O) groups excluding carboxylic acids is 1. The molecule has 124 valence electrons. The zero-order chi connectivity index (χ0) is 17.4. The van der Waals surface area contributed by atoms with Gasteiger partial charge in [-0.05, 0) is 30.2 Å². The molecule has 0 fully saturated rings. The first-order chi connectivity index (χ1) is 12.1. The molecular weight excluding hydrogens is 353 g/mol. The van der Waals surface area contributed by atoms with Crippen molar-refractivity contribution in [2.75, 3.05) is 0 Å². The van der Waals surface area contributed by atoms with Crippen molar-refractivity contribution in [3.05, 3.63) is 71.5 Å². The van der Waals surface area contributed by atoms with Gasteiger partial charge in [0.2, 0.25) is 0 Å². The summed E-state index contributed by atoms with van der Waals surface area (Å²) in [6.07, 6.45) is 1.69. The minimum atomic E-state index is -1.08. The maximum atomic E-state index is 10.9. The van der Waals surface area contributed by atoms with Crippen molar-refractivity contribution in [1.82, 2.24) is 14.8 Å². The Morgan fingerprint density at radius 3 is 2.77 bits per heavy atom. The summed E-state index contributed by atoms with van der Waals surface area (Å²) >= 11 is 0. The van der Waals surface area contributed by atoms with Crippen LogP contribution >= 0.6 is 0 Å². The molecule has 0 saturated heterocycles. The van der Waals surface area contributed by atoms with Crippen LogP contribution in [0.2, 0.25) is 0 Å². The fourth-order valence-corrected chi connectivity index (χ4v) is 3.24. The van der Waals surface area contributed by atoms with Crippen LogP contribution in [0.1, 0.15) is 16.8 Å². The molecule has 0 amide bonds. The third-order valence-electron chi connectivity index (χ3n) is 4.39. The fraction of sp³-hybridized carbons (Fsp3) is 0.150. The van der Waals surface area contributed by atoms with E-state index in [1.54, 1.807) is 6.20 Å². The Balaban J connectivity index is 0.00000196. The quantitative estimate of drug-likeness (QED) is 0.443. The monoisotopic (exact) mass is 369 g/mol. The zero-order valence-corrected chi connectivity index (χ0v) is 17.9. The number of fused-ring (bicyclic) bond motifs is 2. The molecule has 0 spiro atoms. The van der Waals surface area contributed by atoms with Gasteiger partial charge in [0.25, 0.3) is 0 Å². The van der Waals surface area contributed by atoms with Gasteiger partial charge >= 0.3 is 51.4 Å². The zero-order valence-electron chi connectivity index (χ0n) is 14.8. The smallest absolute Gasteiger partial charge is 0.550 e. The summed E-state index contributed by atoms with van der Waals surface area (Å²) in [5, 5.41) is 17.6. The van der Waals surface area contributed by atoms with Gasteiger partial charge in [0.05, 0.1) is 23.3 Å². The SMILES string of the molecule is Cc1nn(Cc2cccc3cccnc23)c2cc(CC(=O)[O-])ccc12.[K+]. The van der Waals surface area contributed by atoms with Crippen LogP contribution in [0.15, 0.2) is 54.7 Å². The van der Waals surface area contributed by atoms with Crippen LogP contribution in [-0.4, -0.2) is 20.7 Å². The second-order valence-corrected chi connectivity index (χ2v) is 6.14. The number of benzene rings is 2. The first kappa shape index (κ1) is 19.2. The topological polar surface area (TPSA) is 70.8 Å².